The molecule has 0 aromatic heterocycles. The highest BCUT2D eigenvalue weighted by atomic mass is 16.6. The number of carboxylic acids is 1. The van der Waals surface area contributed by atoms with Crippen molar-refractivity contribution in [3.63, 3.8) is 0 Å². The Morgan fingerprint density at radius 3 is 2.47 bits per heavy atom. The maximum Gasteiger partial charge on any atom is 0.415 e. The van der Waals surface area contributed by atoms with Gasteiger partial charge in [-0.3, -0.25) is 4.90 Å². The van der Waals surface area contributed by atoms with Crippen molar-refractivity contribution in [1.29, 1.82) is 0 Å². The molecule has 5 nitrogen and oxygen atoms in total. The molecule has 1 aromatic carbocycles. The second-order valence-electron chi connectivity index (χ2n) is 4.19. The Hall–Kier alpha value is -2.04. The summed E-state index contributed by atoms with van der Waals surface area (Å²) < 4.78 is 5.09. The maximum absolute atomic E-state index is 12.0. The van der Waals surface area contributed by atoms with E-state index in [1.807, 2.05) is 6.92 Å². The van der Waals surface area contributed by atoms with Crippen LogP contribution in [-0.4, -0.2) is 29.8 Å². The number of amides is 1. The van der Waals surface area contributed by atoms with Crippen LogP contribution < -0.4 is 4.90 Å². The predicted molar refractivity (Wildman–Crippen MR) is 72.3 cm³/mol. The zero-order valence-electron chi connectivity index (χ0n) is 11.2. The van der Waals surface area contributed by atoms with Gasteiger partial charge < -0.3 is 9.84 Å². The molecule has 0 aliphatic carbocycles. The van der Waals surface area contributed by atoms with E-state index in [0.29, 0.717) is 12.3 Å². The maximum atomic E-state index is 12.0. The van der Waals surface area contributed by atoms with Gasteiger partial charge in [-0.25, -0.2) is 9.59 Å². The molecule has 0 radical (unpaired) electrons. The molecular weight excluding hydrogens is 246 g/mol. The summed E-state index contributed by atoms with van der Waals surface area (Å²) in [4.78, 5) is 24.3. The summed E-state index contributed by atoms with van der Waals surface area (Å²) in [6.07, 6.45) is 1.04. The first kappa shape index (κ1) is 15.0. The van der Waals surface area contributed by atoms with E-state index in [2.05, 4.69) is 0 Å². The number of nitrogens with zero attached hydrogens (tertiary/aromatic N) is 1. The number of hydrogen-bond donors (Lipinski definition) is 1. The van der Waals surface area contributed by atoms with E-state index in [1.165, 1.54) is 6.92 Å². The molecule has 0 unspecified atom stereocenters. The lowest BCUT2D eigenvalue weighted by Gasteiger charge is -2.25. The molecule has 1 atom stereocenters. The summed E-state index contributed by atoms with van der Waals surface area (Å²) >= 11 is 0. The summed E-state index contributed by atoms with van der Waals surface area (Å²) in [5.41, 5.74) is 0.513. The minimum atomic E-state index is -1.07. The lowest BCUT2D eigenvalue weighted by atomic mass is 10.2. The van der Waals surface area contributed by atoms with Gasteiger partial charge in [0, 0.05) is 5.69 Å². The van der Waals surface area contributed by atoms with Gasteiger partial charge in [0.25, 0.3) is 0 Å². The molecule has 0 saturated heterocycles. The summed E-state index contributed by atoms with van der Waals surface area (Å²) in [6.45, 7) is 3.74. The van der Waals surface area contributed by atoms with Crippen LogP contribution in [-0.2, 0) is 9.53 Å². The van der Waals surface area contributed by atoms with E-state index in [1.54, 1.807) is 30.3 Å². The highest BCUT2D eigenvalue weighted by molar-refractivity contribution is 5.94. The molecular formula is C14H19NO4. The largest absolute Gasteiger partial charge is 0.480 e. The highest BCUT2D eigenvalue weighted by Crippen LogP contribution is 2.18. The number of hydrogen-bond acceptors (Lipinski definition) is 3. The van der Waals surface area contributed by atoms with Crippen molar-refractivity contribution in [3.8, 4) is 0 Å². The normalized spacial score (nSPS) is 11.7. The number of carbonyl (C=O) groups is 2. The molecule has 5 heteroatoms. The van der Waals surface area contributed by atoms with Crippen molar-refractivity contribution in [2.75, 3.05) is 11.5 Å². The summed E-state index contributed by atoms with van der Waals surface area (Å²) in [6, 6.07) is 7.68. The Kier molecular flexibility index (Phi) is 5.85. The Balaban J connectivity index is 2.87. The Bertz CT molecular complexity index is 419. The van der Waals surface area contributed by atoms with Crippen LogP contribution in [0.25, 0.3) is 0 Å². The fourth-order valence-corrected chi connectivity index (χ4v) is 1.56. The fraction of sp³-hybridized carbons (Fsp3) is 0.429. The number of aliphatic carboxylic acids is 1. The third kappa shape index (κ3) is 4.28. The van der Waals surface area contributed by atoms with Gasteiger partial charge in [0.15, 0.2) is 0 Å². The van der Waals surface area contributed by atoms with Crippen molar-refractivity contribution in [2.24, 2.45) is 0 Å². The molecule has 0 aliphatic heterocycles. The molecule has 104 valence electrons. The second-order valence-corrected chi connectivity index (χ2v) is 4.19. The van der Waals surface area contributed by atoms with E-state index in [4.69, 9.17) is 9.84 Å². The molecule has 0 saturated carbocycles. The van der Waals surface area contributed by atoms with Crippen LogP contribution >= 0.6 is 0 Å². The van der Waals surface area contributed by atoms with Crippen LogP contribution in [0.1, 0.15) is 26.7 Å². The predicted octanol–water partition coefficient (Wildman–Crippen LogP) is 2.90. The number of anilines is 1. The third-order valence-electron chi connectivity index (χ3n) is 2.70. The molecule has 19 heavy (non-hydrogen) atoms. The van der Waals surface area contributed by atoms with E-state index in [-0.39, 0.29) is 0 Å². The summed E-state index contributed by atoms with van der Waals surface area (Å²) in [7, 11) is 0. The zero-order chi connectivity index (χ0) is 14.3. The van der Waals surface area contributed by atoms with Crippen LogP contribution in [0.15, 0.2) is 30.3 Å². The lowest BCUT2D eigenvalue weighted by Crippen LogP contribution is -2.43. The quantitative estimate of drug-likeness (QED) is 0.803. The molecule has 1 amide bonds. The van der Waals surface area contributed by atoms with Crippen molar-refractivity contribution in [1.82, 2.24) is 0 Å². The fourth-order valence-electron chi connectivity index (χ4n) is 1.56. The number of para-hydroxylation sites is 1. The topological polar surface area (TPSA) is 66.8 Å². The van der Waals surface area contributed by atoms with Gasteiger partial charge in [-0.15, -0.1) is 0 Å². The number of benzene rings is 1. The first-order chi connectivity index (χ1) is 9.07. The number of unbranched alkanes of at least 4 members (excludes halogenated alkanes) is 1. The first-order valence-electron chi connectivity index (χ1n) is 6.31. The van der Waals surface area contributed by atoms with Gasteiger partial charge in [-0.2, -0.15) is 0 Å². The summed E-state index contributed by atoms with van der Waals surface area (Å²) in [5.74, 6) is -1.07. The van der Waals surface area contributed by atoms with Gasteiger partial charge in [-0.1, -0.05) is 31.5 Å². The van der Waals surface area contributed by atoms with Gasteiger partial charge in [0.05, 0.1) is 6.61 Å². The smallest absolute Gasteiger partial charge is 0.415 e. The van der Waals surface area contributed by atoms with E-state index < -0.39 is 18.1 Å². The van der Waals surface area contributed by atoms with Crippen LogP contribution in [0.2, 0.25) is 0 Å². The van der Waals surface area contributed by atoms with Crippen molar-refractivity contribution in [2.45, 2.75) is 32.7 Å². The monoisotopic (exact) mass is 265 g/mol. The van der Waals surface area contributed by atoms with Gasteiger partial charge in [0.2, 0.25) is 0 Å². The van der Waals surface area contributed by atoms with E-state index in [0.717, 1.165) is 17.7 Å². The number of carboxylic acid groups (broad SMARTS) is 1. The van der Waals surface area contributed by atoms with Crippen LogP contribution in [0, 0.1) is 0 Å². The van der Waals surface area contributed by atoms with Crippen molar-refractivity contribution >= 4 is 17.7 Å². The molecule has 1 aromatic rings. The first-order valence-corrected chi connectivity index (χ1v) is 6.31. The molecule has 0 bridgehead atoms. The van der Waals surface area contributed by atoms with E-state index in [9.17, 15) is 9.59 Å². The van der Waals surface area contributed by atoms with Crippen molar-refractivity contribution in [3.05, 3.63) is 30.3 Å². The Morgan fingerprint density at radius 2 is 1.95 bits per heavy atom. The second kappa shape index (κ2) is 7.41. The van der Waals surface area contributed by atoms with Gasteiger partial charge in [-0.05, 0) is 25.5 Å². The van der Waals surface area contributed by atoms with Crippen LogP contribution in [0.3, 0.4) is 0 Å². The minimum Gasteiger partial charge on any atom is -0.480 e. The lowest BCUT2D eigenvalue weighted by molar-refractivity contribution is -0.138. The molecule has 0 aliphatic rings. The van der Waals surface area contributed by atoms with E-state index >= 15 is 0 Å². The zero-order valence-corrected chi connectivity index (χ0v) is 11.2. The standard InChI is InChI=1S/C14H19NO4/c1-3-4-10-19-14(18)15(11(2)13(16)17)12-8-6-5-7-9-12/h5-9,11H,3-4,10H2,1-2H3,(H,16,17)/t11-/m0/s1. The number of carbonyl (C=O) groups excluding carboxylic acids is 1. The Morgan fingerprint density at radius 1 is 1.32 bits per heavy atom. The molecule has 0 spiro atoms. The third-order valence-corrected chi connectivity index (χ3v) is 2.70. The summed E-state index contributed by atoms with van der Waals surface area (Å²) in [5, 5.41) is 9.08. The van der Waals surface area contributed by atoms with Crippen LogP contribution in [0.5, 0.6) is 0 Å². The van der Waals surface area contributed by atoms with Gasteiger partial charge in [0.1, 0.15) is 6.04 Å². The molecule has 1 rings (SSSR count). The van der Waals surface area contributed by atoms with Crippen molar-refractivity contribution < 1.29 is 19.4 Å². The minimum absolute atomic E-state index is 0.297. The number of ether oxygens (including phenoxy) is 1. The molecule has 1 N–H and O–H groups in total. The number of rotatable bonds is 6. The SMILES string of the molecule is CCCCOC(=O)N(c1ccccc1)[C@@H](C)C(=O)O. The molecule has 0 heterocycles. The molecule has 0 fully saturated rings. The van der Waals surface area contributed by atoms with Crippen LogP contribution in [0.4, 0.5) is 10.5 Å². The average Bonchev–Trinajstić information content (AvgIpc) is 2.40. The van der Waals surface area contributed by atoms with Gasteiger partial charge >= 0.3 is 12.1 Å². The average molecular weight is 265 g/mol. The Labute approximate surface area is 112 Å². The highest BCUT2D eigenvalue weighted by Gasteiger charge is 2.28.